The molecular weight excluding hydrogens is 385 g/mol. The van der Waals surface area contributed by atoms with Crippen molar-refractivity contribution in [3.05, 3.63) is 84.1 Å². The Labute approximate surface area is 171 Å². The third kappa shape index (κ3) is 4.72. The van der Waals surface area contributed by atoms with E-state index in [4.69, 9.17) is 0 Å². The van der Waals surface area contributed by atoms with Gasteiger partial charge in [-0.05, 0) is 47.5 Å². The van der Waals surface area contributed by atoms with Crippen molar-refractivity contribution in [1.29, 1.82) is 0 Å². The number of aromatic amines is 1. The molecule has 0 spiro atoms. The fourth-order valence-corrected chi connectivity index (χ4v) is 3.23. The Morgan fingerprint density at radius 3 is 2.83 bits per heavy atom. The molecule has 8 heteroatoms. The van der Waals surface area contributed by atoms with Crippen LogP contribution in [0.3, 0.4) is 0 Å². The van der Waals surface area contributed by atoms with Crippen molar-refractivity contribution in [2.75, 3.05) is 5.32 Å². The Kier molecular flexibility index (Phi) is 5.56. The van der Waals surface area contributed by atoms with Crippen LogP contribution in [0.1, 0.15) is 11.1 Å². The molecule has 30 heavy (non-hydrogen) atoms. The Morgan fingerprint density at radius 1 is 1.10 bits per heavy atom. The van der Waals surface area contributed by atoms with Crippen LogP contribution < -0.4 is 10.6 Å². The van der Waals surface area contributed by atoms with E-state index in [0.717, 1.165) is 16.6 Å². The summed E-state index contributed by atoms with van der Waals surface area (Å²) in [5, 5.41) is 10.4. The Bertz CT molecular complexity index is 1180. The Hall–Kier alpha value is -3.94. The highest BCUT2D eigenvalue weighted by atomic mass is 19.1. The number of nitrogens with zero attached hydrogens (tertiary/aromatic N) is 2. The van der Waals surface area contributed by atoms with Crippen LogP contribution in [0.4, 0.5) is 10.1 Å². The number of amides is 2. The van der Waals surface area contributed by atoms with Crippen LogP contribution >= 0.6 is 0 Å². The van der Waals surface area contributed by atoms with Crippen molar-refractivity contribution in [3.8, 4) is 0 Å². The number of hydrogen-bond acceptors (Lipinski definition) is 3. The minimum Gasteiger partial charge on any atom is -0.361 e. The molecular formula is C22H20FN5O2. The Morgan fingerprint density at radius 2 is 2.00 bits per heavy atom. The summed E-state index contributed by atoms with van der Waals surface area (Å²) in [6, 6.07) is 13.5. The number of carbonyl (C=O) groups excluding carboxylic acids is 2. The highest BCUT2D eigenvalue weighted by Gasteiger charge is 2.10. The van der Waals surface area contributed by atoms with Gasteiger partial charge in [0.2, 0.25) is 11.8 Å². The van der Waals surface area contributed by atoms with Crippen LogP contribution in [0.5, 0.6) is 0 Å². The molecule has 2 aromatic heterocycles. The number of fused-ring (bicyclic) bond motifs is 1. The average Bonchev–Trinajstić information content (AvgIpc) is 3.37. The molecule has 0 fully saturated rings. The summed E-state index contributed by atoms with van der Waals surface area (Å²) >= 11 is 0. The molecule has 0 aliphatic heterocycles. The summed E-state index contributed by atoms with van der Waals surface area (Å²) in [7, 11) is 0. The molecule has 0 aliphatic rings. The molecule has 152 valence electrons. The predicted molar refractivity (Wildman–Crippen MR) is 111 cm³/mol. The molecule has 0 saturated carbocycles. The SMILES string of the molecule is O=C(Cc1c[nH]c2ccc(F)cc12)NCc1cccc(NC(=O)Cn2cccn2)c1. The second-order valence-electron chi connectivity index (χ2n) is 6.91. The van der Waals surface area contributed by atoms with Gasteiger partial charge in [0.1, 0.15) is 12.4 Å². The smallest absolute Gasteiger partial charge is 0.246 e. The topological polar surface area (TPSA) is 91.8 Å². The highest BCUT2D eigenvalue weighted by Crippen LogP contribution is 2.20. The van der Waals surface area contributed by atoms with E-state index < -0.39 is 0 Å². The van der Waals surface area contributed by atoms with Crippen LogP contribution in [-0.4, -0.2) is 26.6 Å². The van der Waals surface area contributed by atoms with Crippen molar-refractivity contribution in [2.24, 2.45) is 0 Å². The minimum atomic E-state index is -0.338. The van der Waals surface area contributed by atoms with Crippen LogP contribution in [0.15, 0.2) is 67.1 Å². The molecule has 0 atom stereocenters. The monoisotopic (exact) mass is 405 g/mol. The van der Waals surface area contributed by atoms with Gasteiger partial charge in [0, 0.05) is 41.7 Å². The summed E-state index contributed by atoms with van der Waals surface area (Å²) in [5.74, 6) is -0.699. The van der Waals surface area contributed by atoms with Crippen molar-refractivity contribution < 1.29 is 14.0 Å². The van der Waals surface area contributed by atoms with Crippen LogP contribution in [0, 0.1) is 5.82 Å². The van der Waals surface area contributed by atoms with E-state index in [2.05, 4.69) is 20.7 Å². The highest BCUT2D eigenvalue weighted by molar-refractivity contribution is 5.91. The van der Waals surface area contributed by atoms with Gasteiger partial charge in [0.25, 0.3) is 0 Å². The number of H-pyrrole nitrogens is 1. The third-order valence-corrected chi connectivity index (χ3v) is 4.65. The van der Waals surface area contributed by atoms with Crippen molar-refractivity contribution >= 4 is 28.4 Å². The van der Waals surface area contributed by atoms with Gasteiger partial charge >= 0.3 is 0 Å². The van der Waals surface area contributed by atoms with Crippen LogP contribution in [-0.2, 0) is 29.1 Å². The molecule has 2 heterocycles. The number of aromatic nitrogens is 3. The van der Waals surface area contributed by atoms with Crippen molar-refractivity contribution in [3.63, 3.8) is 0 Å². The van der Waals surface area contributed by atoms with E-state index in [1.807, 2.05) is 18.2 Å². The third-order valence-electron chi connectivity index (χ3n) is 4.65. The molecule has 0 bridgehead atoms. The lowest BCUT2D eigenvalue weighted by atomic mass is 10.1. The zero-order valence-electron chi connectivity index (χ0n) is 16.1. The second-order valence-corrected chi connectivity index (χ2v) is 6.91. The standard InChI is InChI=1S/C22H20FN5O2/c23-17-5-6-20-19(11-17)16(13-24-20)10-21(29)25-12-15-3-1-4-18(9-15)27-22(30)14-28-8-2-7-26-28/h1-9,11,13,24H,10,12,14H2,(H,25,29)(H,27,30). The van der Waals surface area contributed by atoms with Gasteiger partial charge in [-0.25, -0.2) is 4.39 Å². The van der Waals surface area contributed by atoms with E-state index in [1.54, 1.807) is 36.8 Å². The molecule has 0 unspecified atom stereocenters. The zero-order valence-corrected chi connectivity index (χ0v) is 16.1. The summed E-state index contributed by atoms with van der Waals surface area (Å²) in [5.41, 5.74) is 3.02. The number of nitrogens with one attached hydrogen (secondary N) is 3. The first kappa shape index (κ1) is 19.4. The number of carbonyl (C=O) groups is 2. The minimum absolute atomic E-state index is 0.124. The predicted octanol–water partition coefficient (Wildman–Crippen LogP) is 3.00. The molecule has 4 rings (SSSR count). The van der Waals surface area contributed by atoms with E-state index >= 15 is 0 Å². The first-order valence-electron chi connectivity index (χ1n) is 9.45. The second kappa shape index (κ2) is 8.60. The quantitative estimate of drug-likeness (QED) is 0.441. The van der Waals surface area contributed by atoms with Crippen molar-refractivity contribution in [2.45, 2.75) is 19.5 Å². The van der Waals surface area contributed by atoms with Crippen LogP contribution in [0.2, 0.25) is 0 Å². The molecule has 4 aromatic rings. The van der Waals surface area contributed by atoms with Gasteiger partial charge in [-0.15, -0.1) is 0 Å². The first-order valence-corrected chi connectivity index (χ1v) is 9.45. The van der Waals surface area contributed by atoms with Gasteiger partial charge in [0.05, 0.1) is 6.42 Å². The largest absolute Gasteiger partial charge is 0.361 e. The van der Waals surface area contributed by atoms with Crippen molar-refractivity contribution in [1.82, 2.24) is 20.1 Å². The van der Waals surface area contributed by atoms with Gasteiger partial charge in [-0.3, -0.25) is 14.3 Å². The van der Waals surface area contributed by atoms with E-state index in [0.29, 0.717) is 17.6 Å². The van der Waals surface area contributed by atoms with E-state index in [1.165, 1.54) is 16.8 Å². The summed E-state index contributed by atoms with van der Waals surface area (Å²) in [6.07, 6.45) is 5.19. The molecule has 0 saturated heterocycles. The molecule has 3 N–H and O–H groups in total. The summed E-state index contributed by atoms with van der Waals surface area (Å²) in [6.45, 7) is 0.442. The molecule has 0 aliphatic carbocycles. The average molecular weight is 405 g/mol. The molecule has 2 amide bonds. The fourth-order valence-electron chi connectivity index (χ4n) is 3.23. The van der Waals surface area contributed by atoms with Gasteiger partial charge < -0.3 is 15.6 Å². The number of halogens is 1. The fraction of sp³-hybridized carbons (Fsp3) is 0.136. The first-order chi connectivity index (χ1) is 14.6. The lowest BCUT2D eigenvalue weighted by Crippen LogP contribution is -2.24. The summed E-state index contributed by atoms with van der Waals surface area (Å²) in [4.78, 5) is 27.5. The molecule has 7 nitrogen and oxygen atoms in total. The maximum atomic E-state index is 13.5. The summed E-state index contributed by atoms with van der Waals surface area (Å²) < 4.78 is 15.0. The number of hydrogen-bond donors (Lipinski definition) is 3. The Balaban J connectivity index is 1.33. The maximum Gasteiger partial charge on any atom is 0.246 e. The number of anilines is 1. The van der Waals surface area contributed by atoms with Gasteiger partial charge in [-0.2, -0.15) is 5.10 Å². The van der Waals surface area contributed by atoms with E-state index in [9.17, 15) is 14.0 Å². The molecule has 0 radical (unpaired) electrons. The van der Waals surface area contributed by atoms with Gasteiger partial charge in [0.15, 0.2) is 0 Å². The number of benzene rings is 2. The maximum absolute atomic E-state index is 13.5. The molecule has 2 aromatic carbocycles. The normalized spacial score (nSPS) is 10.8. The number of rotatable bonds is 7. The lowest BCUT2D eigenvalue weighted by molar-refractivity contribution is -0.120. The lowest BCUT2D eigenvalue weighted by Gasteiger charge is -2.09. The zero-order chi connectivity index (χ0) is 20.9. The van der Waals surface area contributed by atoms with E-state index in [-0.39, 0.29) is 30.6 Å². The van der Waals surface area contributed by atoms with Gasteiger partial charge in [-0.1, -0.05) is 12.1 Å². The van der Waals surface area contributed by atoms with Crippen LogP contribution in [0.25, 0.3) is 10.9 Å².